The summed E-state index contributed by atoms with van der Waals surface area (Å²) in [5, 5.41) is 0.156. The van der Waals surface area contributed by atoms with Gasteiger partial charge in [-0.05, 0) is 30.8 Å². The van der Waals surface area contributed by atoms with Gasteiger partial charge in [-0.25, -0.2) is 4.39 Å². The van der Waals surface area contributed by atoms with Crippen molar-refractivity contribution in [1.29, 1.82) is 0 Å². The van der Waals surface area contributed by atoms with Gasteiger partial charge in [-0.1, -0.05) is 31.5 Å². The van der Waals surface area contributed by atoms with Crippen LogP contribution in [0.25, 0.3) is 0 Å². The zero-order valence-electron chi connectivity index (χ0n) is 9.71. The third kappa shape index (κ3) is 2.94. The lowest BCUT2D eigenvalue weighted by atomic mass is 10.1. The fourth-order valence-corrected chi connectivity index (χ4v) is 2.07. The van der Waals surface area contributed by atoms with Crippen molar-refractivity contribution < 1.29 is 4.39 Å². The highest BCUT2D eigenvalue weighted by Gasteiger charge is 2.17. The van der Waals surface area contributed by atoms with Crippen LogP contribution >= 0.6 is 11.6 Å². The fraction of sp³-hybridized carbons (Fsp3) is 0.500. The monoisotopic (exact) mass is 244 g/mol. The minimum Gasteiger partial charge on any atom is -0.329 e. The van der Waals surface area contributed by atoms with Crippen molar-refractivity contribution in [2.75, 3.05) is 19.6 Å². The van der Waals surface area contributed by atoms with Gasteiger partial charge in [0.05, 0.1) is 5.02 Å². The highest BCUT2D eigenvalue weighted by Crippen LogP contribution is 2.24. The van der Waals surface area contributed by atoms with Crippen molar-refractivity contribution in [1.82, 2.24) is 4.90 Å². The number of likely N-dealkylation sites (N-methyl/N-ethyl adjacent to an activating group) is 1. The van der Waals surface area contributed by atoms with Crippen LogP contribution in [0.5, 0.6) is 0 Å². The van der Waals surface area contributed by atoms with E-state index in [0.29, 0.717) is 6.54 Å². The van der Waals surface area contributed by atoms with Crippen molar-refractivity contribution in [3.63, 3.8) is 0 Å². The first-order chi connectivity index (χ1) is 7.63. The summed E-state index contributed by atoms with van der Waals surface area (Å²) in [5.74, 6) is -0.388. The summed E-state index contributed by atoms with van der Waals surface area (Å²) in [7, 11) is 0. The van der Waals surface area contributed by atoms with Gasteiger partial charge >= 0.3 is 0 Å². The minimum atomic E-state index is -0.388. The Kier molecular flexibility index (Phi) is 5.19. The second kappa shape index (κ2) is 6.18. The SMILES string of the molecule is CCN(CC)C(CN)c1ccc(F)c(Cl)c1. The Bertz CT molecular complexity index is 340. The van der Waals surface area contributed by atoms with E-state index in [0.717, 1.165) is 18.7 Å². The third-order valence-electron chi connectivity index (χ3n) is 2.80. The minimum absolute atomic E-state index is 0.105. The zero-order chi connectivity index (χ0) is 12.1. The number of rotatable bonds is 5. The summed E-state index contributed by atoms with van der Waals surface area (Å²) in [6.07, 6.45) is 0. The predicted molar refractivity (Wildman–Crippen MR) is 66.1 cm³/mol. The van der Waals surface area contributed by atoms with E-state index in [1.807, 2.05) is 0 Å². The third-order valence-corrected chi connectivity index (χ3v) is 3.09. The van der Waals surface area contributed by atoms with Crippen LogP contribution in [0.15, 0.2) is 18.2 Å². The molecule has 1 atom stereocenters. The lowest BCUT2D eigenvalue weighted by Crippen LogP contribution is -2.33. The Hall–Kier alpha value is -0.640. The van der Waals surface area contributed by atoms with E-state index in [1.54, 1.807) is 12.1 Å². The van der Waals surface area contributed by atoms with Crippen LogP contribution in [0, 0.1) is 5.82 Å². The predicted octanol–water partition coefficient (Wildman–Crippen LogP) is 2.82. The Labute approximate surface area is 101 Å². The molecule has 1 aromatic carbocycles. The molecule has 4 heteroatoms. The molecule has 90 valence electrons. The number of benzene rings is 1. The first-order valence-corrected chi connectivity index (χ1v) is 5.90. The Morgan fingerprint density at radius 1 is 1.38 bits per heavy atom. The summed E-state index contributed by atoms with van der Waals surface area (Å²) in [5.41, 5.74) is 6.74. The van der Waals surface area contributed by atoms with Gasteiger partial charge in [0.2, 0.25) is 0 Å². The Morgan fingerprint density at radius 2 is 2.00 bits per heavy atom. The molecule has 0 saturated carbocycles. The van der Waals surface area contributed by atoms with Gasteiger partial charge in [0.25, 0.3) is 0 Å². The van der Waals surface area contributed by atoms with Gasteiger partial charge in [-0.3, -0.25) is 4.90 Å². The molecule has 1 rings (SSSR count). The Morgan fingerprint density at radius 3 is 2.44 bits per heavy atom. The molecule has 0 heterocycles. The lowest BCUT2D eigenvalue weighted by Gasteiger charge is -2.29. The number of hydrogen-bond acceptors (Lipinski definition) is 2. The summed E-state index contributed by atoms with van der Waals surface area (Å²) in [6, 6.07) is 4.90. The van der Waals surface area contributed by atoms with E-state index >= 15 is 0 Å². The van der Waals surface area contributed by atoms with E-state index < -0.39 is 0 Å². The number of hydrogen-bond donors (Lipinski definition) is 1. The first-order valence-electron chi connectivity index (χ1n) is 5.53. The van der Waals surface area contributed by atoms with Crippen molar-refractivity contribution in [2.24, 2.45) is 5.73 Å². The topological polar surface area (TPSA) is 29.3 Å². The van der Waals surface area contributed by atoms with Crippen LogP contribution in [-0.4, -0.2) is 24.5 Å². The molecule has 0 aliphatic rings. The summed E-state index contributed by atoms with van der Waals surface area (Å²) in [4.78, 5) is 2.23. The fourth-order valence-electron chi connectivity index (χ4n) is 1.88. The van der Waals surface area contributed by atoms with Crippen molar-refractivity contribution in [3.05, 3.63) is 34.6 Å². The molecule has 1 aromatic rings. The second-order valence-corrected chi connectivity index (χ2v) is 4.05. The van der Waals surface area contributed by atoms with Gasteiger partial charge in [-0.15, -0.1) is 0 Å². The molecule has 2 nitrogen and oxygen atoms in total. The van der Waals surface area contributed by atoms with Crippen LogP contribution in [0.1, 0.15) is 25.5 Å². The standard InChI is InChI=1S/C12H18ClFN2/c1-3-16(4-2)12(8-15)9-5-6-11(14)10(13)7-9/h5-7,12H,3-4,8,15H2,1-2H3. The van der Waals surface area contributed by atoms with E-state index in [2.05, 4.69) is 18.7 Å². The Balaban J connectivity index is 2.98. The number of nitrogens with zero attached hydrogens (tertiary/aromatic N) is 1. The average Bonchev–Trinajstić information content (AvgIpc) is 2.29. The number of halogens is 2. The molecule has 0 spiro atoms. The van der Waals surface area contributed by atoms with Gasteiger partial charge < -0.3 is 5.73 Å². The molecule has 0 aromatic heterocycles. The largest absolute Gasteiger partial charge is 0.329 e. The normalized spacial score (nSPS) is 13.1. The average molecular weight is 245 g/mol. The highest BCUT2D eigenvalue weighted by atomic mass is 35.5. The molecule has 0 saturated heterocycles. The maximum Gasteiger partial charge on any atom is 0.141 e. The van der Waals surface area contributed by atoms with E-state index in [-0.39, 0.29) is 16.9 Å². The first kappa shape index (κ1) is 13.4. The van der Waals surface area contributed by atoms with Crippen LogP contribution in [0.4, 0.5) is 4.39 Å². The molecule has 0 radical (unpaired) electrons. The molecule has 2 N–H and O–H groups in total. The van der Waals surface area contributed by atoms with Gasteiger partial charge in [-0.2, -0.15) is 0 Å². The van der Waals surface area contributed by atoms with Crippen molar-refractivity contribution in [3.8, 4) is 0 Å². The maximum atomic E-state index is 13.1. The summed E-state index contributed by atoms with van der Waals surface area (Å²) < 4.78 is 13.1. The quantitative estimate of drug-likeness (QED) is 0.863. The zero-order valence-corrected chi connectivity index (χ0v) is 10.5. The molecule has 0 fully saturated rings. The molecule has 0 amide bonds. The molecule has 1 unspecified atom stereocenters. The van der Waals surface area contributed by atoms with E-state index in [9.17, 15) is 4.39 Å². The van der Waals surface area contributed by atoms with Crippen molar-refractivity contribution in [2.45, 2.75) is 19.9 Å². The molecule has 0 aliphatic heterocycles. The summed E-state index contributed by atoms with van der Waals surface area (Å²) >= 11 is 5.77. The molecule has 16 heavy (non-hydrogen) atoms. The molecule has 0 bridgehead atoms. The van der Waals surface area contributed by atoms with Crippen LogP contribution in [0.3, 0.4) is 0 Å². The lowest BCUT2D eigenvalue weighted by molar-refractivity contribution is 0.224. The van der Waals surface area contributed by atoms with E-state index in [1.165, 1.54) is 6.07 Å². The summed E-state index contributed by atoms with van der Waals surface area (Å²) in [6.45, 7) is 6.49. The van der Waals surface area contributed by atoms with E-state index in [4.69, 9.17) is 17.3 Å². The highest BCUT2D eigenvalue weighted by molar-refractivity contribution is 6.30. The van der Waals surface area contributed by atoms with Crippen LogP contribution in [-0.2, 0) is 0 Å². The van der Waals surface area contributed by atoms with Crippen LogP contribution in [0.2, 0.25) is 5.02 Å². The van der Waals surface area contributed by atoms with Gasteiger partial charge in [0, 0.05) is 12.6 Å². The molecule has 0 aliphatic carbocycles. The smallest absolute Gasteiger partial charge is 0.141 e. The maximum absolute atomic E-state index is 13.1. The number of nitrogens with two attached hydrogens (primary N) is 1. The van der Waals surface area contributed by atoms with Gasteiger partial charge in [0.1, 0.15) is 5.82 Å². The van der Waals surface area contributed by atoms with Gasteiger partial charge in [0.15, 0.2) is 0 Å². The molecular weight excluding hydrogens is 227 g/mol. The molecular formula is C12H18ClFN2. The van der Waals surface area contributed by atoms with Crippen molar-refractivity contribution >= 4 is 11.6 Å². The second-order valence-electron chi connectivity index (χ2n) is 3.65. The van der Waals surface area contributed by atoms with Crippen LogP contribution < -0.4 is 5.73 Å².